The number of piperazine rings is 1. The molecule has 4 rings (SSSR count). The third kappa shape index (κ3) is 3.15. The van der Waals surface area contributed by atoms with Gasteiger partial charge in [0.2, 0.25) is 5.91 Å². The van der Waals surface area contributed by atoms with Gasteiger partial charge in [-0.2, -0.15) is 0 Å². The molecule has 2 aliphatic rings. The highest BCUT2D eigenvalue weighted by atomic mass is 16.5. The molecule has 1 amide bonds. The van der Waals surface area contributed by atoms with E-state index in [4.69, 9.17) is 15.5 Å². The van der Waals surface area contributed by atoms with E-state index in [-0.39, 0.29) is 5.91 Å². The number of hydrogen-bond donors (Lipinski definition) is 1. The Morgan fingerprint density at radius 2 is 1.81 bits per heavy atom. The molecule has 6 nitrogen and oxygen atoms in total. The van der Waals surface area contributed by atoms with Gasteiger partial charge in [-0.3, -0.25) is 4.79 Å². The van der Waals surface area contributed by atoms with Gasteiger partial charge in [-0.05, 0) is 31.0 Å². The Hall–Kier alpha value is -2.18. The Kier molecular flexibility index (Phi) is 4.78. The molecule has 0 spiro atoms. The Balaban J connectivity index is 1.43. The van der Waals surface area contributed by atoms with Crippen molar-refractivity contribution in [3.63, 3.8) is 0 Å². The third-order valence-electron chi connectivity index (χ3n) is 5.77. The molecule has 26 heavy (non-hydrogen) atoms. The molecule has 0 aliphatic carbocycles. The first kappa shape index (κ1) is 17.2. The van der Waals surface area contributed by atoms with Crippen molar-refractivity contribution in [3.05, 3.63) is 36.4 Å². The number of carbonyl (C=O) groups excluding carboxylic acids is 1. The summed E-state index contributed by atoms with van der Waals surface area (Å²) < 4.78 is 5.43. The number of benzene rings is 1. The van der Waals surface area contributed by atoms with Crippen molar-refractivity contribution in [1.29, 1.82) is 0 Å². The van der Waals surface area contributed by atoms with Crippen molar-refractivity contribution >= 4 is 22.6 Å². The first-order valence-corrected chi connectivity index (χ1v) is 9.40. The Bertz CT molecular complexity index is 780. The third-order valence-corrected chi connectivity index (χ3v) is 5.77. The number of rotatable bonds is 3. The normalized spacial score (nSPS) is 20.3. The molecule has 6 heteroatoms. The molecule has 0 saturated carbocycles. The SMILES string of the molecule is NCC1(C(=O)N2CCN(c3ccc4ccccc4n3)CC2)CCOCC1. The molecule has 2 fully saturated rings. The van der Waals surface area contributed by atoms with Crippen molar-refractivity contribution in [1.82, 2.24) is 9.88 Å². The first-order valence-electron chi connectivity index (χ1n) is 9.40. The molecule has 0 atom stereocenters. The highest BCUT2D eigenvalue weighted by molar-refractivity contribution is 5.83. The minimum atomic E-state index is -0.429. The van der Waals surface area contributed by atoms with Crippen LogP contribution < -0.4 is 10.6 Å². The summed E-state index contributed by atoms with van der Waals surface area (Å²) in [5.41, 5.74) is 6.57. The van der Waals surface area contributed by atoms with E-state index in [0.29, 0.717) is 19.8 Å². The molecule has 3 heterocycles. The number of ether oxygens (including phenoxy) is 1. The standard InChI is InChI=1S/C20H26N4O2/c21-15-20(7-13-26-14-8-20)19(25)24-11-9-23(10-12-24)18-6-5-16-3-1-2-4-17(16)22-18/h1-6H,7-15,21H2. The summed E-state index contributed by atoms with van der Waals surface area (Å²) in [6.07, 6.45) is 1.46. The van der Waals surface area contributed by atoms with Gasteiger partial charge in [0.25, 0.3) is 0 Å². The van der Waals surface area contributed by atoms with Gasteiger partial charge >= 0.3 is 0 Å². The molecule has 2 aromatic rings. The fourth-order valence-electron chi connectivity index (χ4n) is 3.97. The molecule has 1 aromatic heterocycles. The quantitative estimate of drug-likeness (QED) is 0.907. The van der Waals surface area contributed by atoms with E-state index in [2.05, 4.69) is 23.1 Å². The summed E-state index contributed by atoms with van der Waals surface area (Å²) in [5.74, 6) is 1.19. The summed E-state index contributed by atoms with van der Waals surface area (Å²) in [6.45, 7) is 4.70. The molecule has 138 valence electrons. The van der Waals surface area contributed by atoms with Crippen molar-refractivity contribution in [2.24, 2.45) is 11.1 Å². The minimum Gasteiger partial charge on any atom is -0.381 e. The van der Waals surface area contributed by atoms with Crippen LogP contribution >= 0.6 is 0 Å². The molecular formula is C20H26N4O2. The van der Waals surface area contributed by atoms with E-state index < -0.39 is 5.41 Å². The molecule has 2 N–H and O–H groups in total. The van der Waals surface area contributed by atoms with Crippen molar-refractivity contribution in [2.45, 2.75) is 12.8 Å². The minimum absolute atomic E-state index is 0.203. The van der Waals surface area contributed by atoms with E-state index in [9.17, 15) is 4.79 Å². The maximum atomic E-state index is 13.1. The Morgan fingerprint density at radius 3 is 2.54 bits per heavy atom. The second-order valence-electron chi connectivity index (χ2n) is 7.24. The molecule has 2 aliphatic heterocycles. The van der Waals surface area contributed by atoms with Crippen molar-refractivity contribution in [2.75, 3.05) is 50.8 Å². The maximum absolute atomic E-state index is 13.1. The lowest BCUT2D eigenvalue weighted by Gasteiger charge is -2.42. The van der Waals surface area contributed by atoms with Crippen LogP contribution in [0.15, 0.2) is 36.4 Å². The summed E-state index contributed by atoms with van der Waals surface area (Å²) >= 11 is 0. The van der Waals surface area contributed by atoms with Gasteiger partial charge in [0.15, 0.2) is 0 Å². The number of fused-ring (bicyclic) bond motifs is 1. The van der Waals surface area contributed by atoms with Gasteiger partial charge in [-0.25, -0.2) is 4.98 Å². The van der Waals surface area contributed by atoms with Crippen LogP contribution in [0.4, 0.5) is 5.82 Å². The first-order chi connectivity index (χ1) is 12.7. The van der Waals surface area contributed by atoms with Gasteiger partial charge in [-0.1, -0.05) is 18.2 Å². The van der Waals surface area contributed by atoms with Crippen LogP contribution in [0.5, 0.6) is 0 Å². The smallest absolute Gasteiger partial charge is 0.230 e. The summed E-state index contributed by atoms with van der Waals surface area (Å²) in [4.78, 5) is 22.1. The zero-order valence-electron chi connectivity index (χ0n) is 15.1. The molecule has 1 aromatic carbocycles. The van der Waals surface area contributed by atoms with Crippen LogP contribution in [0.2, 0.25) is 0 Å². The lowest BCUT2D eigenvalue weighted by molar-refractivity contribution is -0.147. The largest absolute Gasteiger partial charge is 0.381 e. The van der Waals surface area contributed by atoms with E-state index in [1.165, 1.54) is 0 Å². The highest BCUT2D eigenvalue weighted by Gasteiger charge is 2.42. The average Bonchev–Trinajstić information content (AvgIpc) is 2.73. The van der Waals surface area contributed by atoms with Gasteiger partial charge in [0, 0.05) is 51.3 Å². The number of anilines is 1. The fourth-order valence-corrected chi connectivity index (χ4v) is 3.97. The van der Waals surface area contributed by atoms with Crippen LogP contribution in [-0.4, -0.2) is 61.7 Å². The predicted octanol–water partition coefficient (Wildman–Crippen LogP) is 1.64. The summed E-state index contributed by atoms with van der Waals surface area (Å²) in [7, 11) is 0. The second kappa shape index (κ2) is 7.21. The molecule has 0 radical (unpaired) electrons. The van der Waals surface area contributed by atoms with E-state index >= 15 is 0 Å². The van der Waals surface area contributed by atoms with Crippen molar-refractivity contribution < 1.29 is 9.53 Å². The number of hydrogen-bond acceptors (Lipinski definition) is 5. The molecule has 0 unspecified atom stereocenters. The molecule has 0 bridgehead atoms. The molecule has 2 saturated heterocycles. The molecular weight excluding hydrogens is 328 g/mol. The number of para-hydroxylation sites is 1. The van der Waals surface area contributed by atoms with Crippen LogP contribution in [0.1, 0.15) is 12.8 Å². The summed E-state index contributed by atoms with van der Waals surface area (Å²) in [6, 6.07) is 12.3. The van der Waals surface area contributed by atoms with Gasteiger partial charge in [0.05, 0.1) is 10.9 Å². The number of nitrogens with two attached hydrogens (primary N) is 1. The number of carbonyl (C=O) groups is 1. The lowest BCUT2D eigenvalue weighted by atomic mass is 9.78. The summed E-state index contributed by atoms with van der Waals surface area (Å²) in [5, 5.41) is 1.15. The number of amides is 1. The maximum Gasteiger partial charge on any atom is 0.230 e. The van der Waals surface area contributed by atoms with Gasteiger partial charge in [-0.15, -0.1) is 0 Å². The number of aromatic nitrogens is 1. The second-order valence-corrected chi connectivity index (χ2v) is 7.24. The topological polar surface area (TPSA) is 71.7 Å². The zero-order chi connectivity index (χ0) is 18.0. The van der Waals surface area contributed by atoms with Crippen LogP contribution in [-0.2, 0) is 9.53 Å². The van der Waals surface area contributed by atoms with Gasteiger partial charge in [0.1, 0.15) is 5.82 Å². The average molecular weight is 354 g/mol. The van der Waals surface area contributed by atoms with Crippen molar-refractivity contribution in [3.8, 4) is 0 Å². The number of nitrogens with zero attached hydrogens (tertiary/aromatic N) is 3. The Labute approximate surface area is 153 Å². The number of pyridine rings is 1. The van der Waals surface area contributed by atoms with Gasteiger partial charge < -0.3 is 20.3 Å². The lowest BCUT2D eigenvalue weighted by Crippen LogP contribution is -2.56. The van der Waals surface area contributed by atoms with E-state index in [1.807, 2.05) is 23.1 Å². The van der Waals surface area contributed by atoms with E-state index in [1.54, 1.807) is 0 Å². The highest BCUT2D eigenvalue weighted by Crippen LogP contribution is 2.32. The van der Waals surface area contributed by atoms with E-state index in [0.717, 1.165) is 55.7 Å². The van der Waals surface area contributed by atoms with Crippen LogP contribution in [0, 0.1) is 5.41 Å². The predicted molar refractivity (Wildman–Crippen MR) is 102 cm³/mol. The van der Waals surface area contributed by atoms with Crippen LogP contribution in [0.3, 0.4) is 0 Å². The monoisotopic (exact) mass is 354 g/mol. The zero-order valence-corrected chi connectivity index (χ0v) is 15.1. The fraction of sp³-hybridized carbons (Fsp3) is 0.500. The Morgan fingerprint density at radius 1 is 1.08 bits per heavy atom. The van der Waals surface area contributed by atoms with Crippen LogP contribution in [0.25, 0.3) is 10.9 Å².